The average molecular weight is 314 g/mol. The fourth-order valence-corrected chi connectivity index (χ4v) is 1.89. The summed E-state index contributed by atoms with van der Waals surface area (Å²) in [5.41, 5.74) is 1.15. The first-order valence-corrected chi connectivity index (χ1v) is 7.06. The van der Waals surface area contributed by atoms with Gasteiger partial charge in [-0.2, -0.15) is 0 Å². The number of pyridine rings is 1. The maximum atomic E-state index is 12.4. The smallest absolute Gasteiger partial charge is 0.256 e. The van der Waals surface area contributed by atoms with Gasteiger partial charge in [0, 0.05) is 23.1 Å². The number of terminal acetylenes is 1. The van der Waals surface area contributed by atoms with Crippen LogP contribution in [0.25, 0.3) is 0 Å². The van der Waals surface area contributed by atoms with Crippen LogP contribution in [0.3, 0.4) is 0 Å². The van der Waals surface area contributed by atoms with Crippen molar-refractivity contribution in [1.82, 2.24) is 10.3 Å². The van der Waals surface area contributed by atoms with Crippen molar-refractivity contribution < 1.29 is 4.79 Å². The van der Waals surface area contributed by atoms with Crippen LogP contribution in [0.15, 0.2) is 42.7 Å². The summed E-state index contributed by atoms with van der Waals surface area (Å²) in [6.45, 7) is 3.52. The van der Waals surface area contributed by atoms with Crippen molar-refractivity contribution in [2.24, 2.45) is 0 Å². The third-order valence-electron chi connectivity index (χ3n) is 2.98. The summed E-state index contributed by atoms with van der Waals surface area (Å²) < 4.78 is 0. The first kappa shape index (κ1) is 15.9. The molecule has 0 spiro atoms. The third kappa shape index (κ3) is 4.00. The van der Waals surface area contributed by atoms with Crippen molar-refractivity contribution in [3.8, 4) is 12.3 Å². The van der Waals surface area contributed by atoms with E-state index in [4.69, 9.17) is 18.0 Å². The number of nitrogens with zero attached hydrogens (tertiary/aromatic N) is 1. The first-order valence-electron chi connectivity index (χ1n) is 6.68. The number of carbonyl (C=O) groups excluding carboxylic acids is 1. The molecule has 0 radical (unpaired) electrons. The van der Waals surface area contributed by atoms with Crippen LogP contribution in [0.4, 0.5) is 11.4 Å². The molecule has 0 aliphatic heterocycles. The summed E-state index contributed by atoms with van der Waals surface area (Å²) >= 11 is 5.86. The van der Waals surface area contributed by atoms with E-state index in [2.05, 4.69) is 21.5 Å². The summed E-state index contributed by atoms with van der Waals surface area (Å²) in [6.07, 6.45) is 8.51. The number of anilines is 2. The first-order chi connectivity index (χ1) is 10.4. The predicted molar refractivity (Wildman–Crippen MR) is 89.3 cm³/mol. The standard InChI is InChI=1S/C17H16ClN3O/c1-4-17(2,3)21-16(22)14-11-19-10-9-15(14)20-13-7-5-12(18)6-8-13/h1,5-11H,2-3H3,(H,19,20)(H,21,22). The highest BCUT2D eigenvalue weighted by atomic mass is 35.5. The van der Waals surface area contributed by atoms with E-state index in [1.165, 1.54) is 6.20 Å². The molecule has 0 aliphatic carbocycles. The van der Waals surface area contributed by atoms with E-state index in [1.54, 1.807) is 38.2 Å². The van der Waals surface area contributed by atoms with Gasteiger partial charge < -0.3 is 10.6 Å². The Morgan fingerprint density at radius 3 is 2.59 bits per heavy atom. The fraction of sp³-hybridized carbons (Fsp3) is 0.176. The van der Waals surface area contributed by atoms with Crippen LogP contribution >= 0.6 is 11.6 Å². The van der Waals surface area contributed by atoms with Crippen LogP contribution in [0.5, 0.6) is 0 Å². The SMILES string of the molecule is C#CC(C)(C)NC(=O)c1cnccc1Nc1ccc(Cl)cc1. The van der Waals surface area contributed by atoms with E-state index in [0.717, 1.165) is 5.69 Å². The van der Waals surface area contributed by atoms with Gasteiger partial charge in [0.1, 0.15) is 0 Å². The lowest BCUT2D eigenvalue weighted by molar-refractivity contribution is 0.0930. The van der Waals surface area contributed by atoms with Crippen LogP contribution < -0.4 is 10.6 Å². The Morgan fingerprint density at radius 1 is 1.27 bits per heavy atom. The Kier molecular flexibility index (Phi) is 4.69. The van der Waals surface area contributed by atoms with Crippen LogP contribution in [-0.2, 0) is 0 Å². The van der Waals surface area contributed by atoms with Gasteiger partial charge >= 0.3 is 0 Å². The van der Waals surface area contributed by atoms with Crippen molar-refractivity contribution in [3.05, 3.63) is 53.3 Å². The van der Waals surface area contributed by atoms with Gasteiger partial charge in [0.05, 0.1) is 16.8 Å². The second-order valence-corrected chi connectivity index (χ2v) is 5.71. The van der Waals surface area contributed by atoms with Gasteiger partial charge in [-0.25, -0.2) is 0 Å². The number of carbonyl (C=O) groups is 1. The van der Waals surface area contributed by atoms with Gasteiger partial charge in [-0.3, -0.25) is 9.78 Å². The van der Waals surface area contributed by atoms with Crippen molar-refractivity contribution in [3.63, 3.8) is 0 Å². The highest BCUT2D eigenvalue weighted by Crippen LogP contribution is 2.22. The third-order valence-corrected chi connectivity index (χ3v) is 3.23. The normalized spacial score (nSPS) is 10.6. The number of amides is 1. The lowest BCUT2D eigenvalue weighted by atomic mass is 10.1. The lowest BCUT2D eigenvalue weighted by Gasteiger charge is -2.20. The van der Waals surface area contributed by atoms with Gasteiger partial charge in [-0.1, -0.05) is 17.5 Å². The van der Waals surface area contributed by atoms with Crippen molar-refractivity contribution >= 4 is 28.9 Å². The molecule has 1 aromatic carbocycles. The molecular weight excluding hydrogens is 298 g/mol. The zero-order valence-corrected chi connectivity index (χ0v) is 13.1. The van der Waals surface area contributed by atoms with E-state index in [0.29, 0.717) is 16.3 Å². The van der Waals surface area contributed by atoms with Gasteiger partial charge in [0.2, 0.25) is 0 Å². The molecule has 112 valence electrons. The van der Waals surface area contributed by atoms with Crippen molar-refractivity contribution in [2.45, 2.75) is 19.4 Å². The average Bonchev–Trinajstić information content (AvgIpc) is 2.49. The van der Waals surface area contributed by atoms with E-state index in [-0.39, 0.29) is 5.91 Å². The summed E-state index contributed by atoms with van der Waals surface area (Å²) in [4.78, 5) is 16.4. The lowest BCUT2D eigenvalue weighted by Crippen LogP contribution is -2.42. The quantitative estimate of drug-likeness (QED) is 0.848. The molecule has 1 aromatic heterocycles. The molecule has 1 heterocycles. The maximum absolute atomic E-state index is 12.4. The zero-order valence-electron chi connectivity index (χ0n) is 12.4. The van der Waals surface area contributed by atoms with Crippen molar-refractivity contribution in [2.75, 3.05) is 5.32 Å². The van der Waals surface area contributed by atoms with E-state index < -0.39 is 5.54 Å². The summed E-state index contributed by atoms with van der Waals surface area (Å²) in [6, 6.07) is 8.93. The monoisotopic (exact) mass is 313 g/mol. The Bertz CT molecular complexity index is 717. The molecule has 0 saturated heterocycles. The van der Waals surface area contributed by atoms with Crippen LogP contribution in [0.2, 0.25) is 5.02 Å². The second-order valence-electron chi connectivity index (χ2n) is 5.28. The molecule has 0 aliphatic rings. The molecule has 2 rings (SSSR count). The van der Waals surface area contributed by atoms with E-state index in [1.807, 2.05) is 12.1 Å². The van der Waals surface area contributed by atoms with E-state index in [9.17, 15) is 4.79 Å². The minimum atomic E-state index is -0.732. The Morgan fingerprint density at radius 2 is 1.95 bits per heavy atom. The molecular formula is C17H16ClN3O. The van der Waals surface area contributed by atoms with Crippen LogP contribution in [0.1, 0.15) is 24.2 Å². The molecule has 5 heteroatoms. The summed E-state index contributed by atoms with van der Waals surface area (Å²) in [7, 11) is 0. The largest absolute Gasteiger partial charge is 0.355 e. The molecule has 0 atom stereocenters. The van der Waals surface area contributed by atoms with Gasteiger partial charge in [0.15, 0.2) is 0 Å². The topological polar surface area (TPSA) is 54.0 Å². The Labute approximate surface area is 134 Å². The van der Waals surface area contributed by atoms with Gasteiger partial charge in [0.25, 0.3) is 5.91 Å². The minimum Gasteiger partial charge on any atom is -0.355 e. The van der Waals surface area contributed by atoms with Gasteiger partial charge in [-0.15, -0.1) is 6.42 Å². The Balaban J connectivity index is 2.25. The zero-order chi connectivity index (χ0) is 16.2. The van der Waals surface area contributed by atoms with E-state index >= 15 is 0 Å². The number of rotatable bonds is 4. The second kappa shape index (κ2) is 6.50. The maximum Gasteiger partial charge on any atom is 0.256 e. The molecule has 22 heavy (non-hydrogen) atoms. The molecule has 2 N–H and O–H groups in total. The molecule has 0 unspecified atom stereocenters. The number of nitrogens with one attached hydrogen (secondary N) is 2. The van der Waals surface area contributed by atoms with Crippen molar-refractivity contribution in [1.29, 1.82) is 0 Å². The molecule has 0 bridgehead atoms. The highest BCUT2D eigenvalue weighted by molar-refractivity contribution is 6.30. The molecule has 1 amide bonds. The fourth-order valence-electron chi connectivity index (χ4n) is 1.76. The molecule has 4 nitrogen and oxygen atoms in total. The summed E-state index contributed by atoms with van der Waals surface area (Å²) in [5.74, 6) is 2.25. The molecule has 0 saturated carbocycles. The minimum absolute atomic E-state index is 0.285. The number of hydrogen-bond acceptors (Lipinski definition) is 3. The number of halogens is 1. The number of aromatic nitrogens is 1. The summed E-state index contributed by atoms with van der Waals surface area (Å²) in [5, 5.41) is 6.60. The van der Waals surface area contributed by atoms with Crippen LogP contribution in [-0.4, -0.2) is 16.4 Å². The Hall–Kier alpha value is -2.51. The predicted octanol–water partition coefficient (Wildman–Crippen LogP) is 3.62. The molecule has 2 aromatic rings. The van der Waals surface area contributed by atoms with Gasteiger partial charge in [-0.05, 0) is 44.2 Å². The number of benzene rings is 1. The number of hydrogen-bond donors (Lipinski definition) is 2. The highest BCUT2D eigenvalue weighted by Gasteiger charge is 2.20. The molecule has 0 fully saturated rings. The van der Waals surface area contributed by atoms with Crippen LogP contribution in [0, 0.1) is 12.3 Å².